The number of hydrogen-bond acceptors (Lipinski definition) is 6. The molecule has 0 aliphatic rings. The molecule has 0 amide bonds. The SMILES string of the molecule is S=c1[nH]nc(-c2cnc(-c3ccco3)s2)o1. The molecule has 16 heavy (non-hydrogen) atoms. The van der Waals surface area contributed by atoms with Gasteiger partial charge in [-0.1, -0.05) is 0 Å². The molecule has 3 heterocycles. The van der Waals surface area contributed by atoms with Crippen molar-refractivity contribution in [2.45, 2.75) is 0 Å². The lowest BCUT2D eigenvalue weighted by Gasteiger charge is -1.85. The van der Waals surface area contributed by atoms with Gasteiger partial charge in [-0.05, 0) is 24.4 Å². The van der Waals surface area contributed by atoms with Gasteiger partial charge in [0, 0.05) is 0 Å². The van der Waals surface area contributed by atoms with E-state index in [2.05, 4.69) is 15.2 Å². The smallest absolute Gasteiger partial charge is 0.284 e. The van der Waals surface area contributed by atoms with Gasteiger partial charge in [0.25, 0.3) is 10.7 Å². The van der Waals surface area contributed by atoms with E-state index in [9.17, 15) is 0 Å². The first kappa shape index (κ1) is 9.49. The summed E-state index contributed by atoms with van der Waals surface area (Å²) in [7, 11) is 0. The van der Waals surface area contributed by atoms with Crippen LogP contribution in [-0.2, 0) is 0 Å². The molecule has 0 radical (unpaired) electrons. The van der Waals surface area contributed by atoms with Gasteiger partial charge in [-0.2, -0.15) is 0 Å². The van der Waals surface area contributed by atoms with E-state index in [1.165, 1.54) is 11.3 Å². The van der Waals surface area contributed by atoms with E-state index in [1.54, 1.807) is 12.5 Å². The van der Waals surface area contributed by atoms with Crippen molar-refractivity contribution in [3.05, 3.63) is 29.4 Å². The Hall–Kier alpha value is -1.73. The van der Waals surface area contributed by atoms with Gasteiger partial charge < -0.3 is 8.83 Å². The summed E-state index contributed by atoms with van der Waals surface area (Å²) in [4.78, 5) is 5.28. The van der Waals surface area contributed by atoms with E-state index in [0.717, 1.165) is 15.6 Å². The van der Waals surface area contributed by atoms with Gasteiger partial charge in [-0.25, -0.2) is 10.1 Å². The van der Waals surface area contributed by atoms with Crippen molar-refractivity contribution in [3.63, 3.8) is 0 Å². The second-order valence-electron chi connectivity index (χ2n) is 2.93. The number of furan rings is 1. The quantitative estimate of drug-likeness (QED) is 0.709. The number of rotatable bonds is 2. The molecule has 3 aromatic rings. The summed E-state index contributed by atoms with van der Waals surface area (Å²) in [5.41, 5.74) is 0. The highest BCUT2D eigenvalue weighted by Crippen LogP contribution is 2.30. The zero-order valence-corrected chi connectivity index (χ0v) is 9.47. The fraction of sp³-hybridized carbons (Fsp3) is 0. The zero-order chi connectivity index (χ0) is 11.0. The molecule has 0 saturated heterocycles. The van der Waals surface area contributed by atoms with Crippen molar-refractivity contribution in [2.24, 2.45) is 0 Å². The van der Waals surface area contributed by atoms with E-state index < -0.39 is 0 Å². The number of nitrogens with one attached hydrogen (secondary N) is 1. The first-order valence-electron chi connectivity index (χ1n) is 4.38. The predicted molar refractivity (Wildman–Crippen MR) is 60.5 cm³/mol. The van der Waals surface area contributed by atoms with E-state index in [4.69, 9.17) is 21.1 Å². The van der Waals surface area contributed by atoms with E-state index >= 15 is 0 Å². The Morgan fingerprint density at radius 3 is 3.06 bits per heavy atom. The number of hydrogen-bond donors (Lipinski definition) is 1. The van der Waals surface area contributed by atoms with Gasteiger partial charge in [0.05, 0.1) is 12.5 Å². The van der Waals surface area contributed by atoms with Gasteiger partial charge >= 0.3 is 0 Å². The van der Waals surface area contributed by atoms with Crippen LogP contribution in [0.2, 0.25) is 0 Å². The number of thiazole rings is 1. The average molecular weight is 251 g/mol. The summed E-state index contributed by atoms with van der Waals surface area (Å²) in [5, 5.41) is 7.27. The average Bonchev–Trinajstić information content (AvgIpc) is 2.97. The number of aromatic nitrogens is 3. The van der Waals surface area contributed by atoms with Gasteiger partial charge in [-0.3, -0.25) is 0 Å². The highest BCUT2D eigenvalue weighted by Gasteiger charge is 2.11. The van der Waals surface area contributed by atoms with Crippen molar-refractivity contribution < 1.29 is 8.83 Å². The molecule has 0 fully saturated rings. The number of aromatic amines is 1. The largest absolute Gasteiger partial charge is 0.462 e. The number of nitrogens with zero attached hydrogens (tertiary/aromatic N) is 2. The maximum atomic E-state index is 5.24. The summed E-state index contributed by atoms with van der Waals surface area (Å²) < 4.78 is 10.4. The Morgan fingerprint density at radius 1 is 1.44 bits per heavy atom. The summed E-state index contributed by atoms with van der Waals surface area (Å²) in [6.45, 7) is 0. The molecule has 0 spiro atoms. The van der Waals surface area contributed by atoms with Crippen molar-refractivity contribution in [3.8, 4) is 21.5 Å². The molecule has 0 aliphatic heterocycles. The first-order chi connectivity index (χ1) is 7.83. The molecule has 1 N–H and O–H groups in total. The molecule has 80 valence electrons. The standard InChI is InChI=1S/C9H5N3O2S2/c15-9-12-11-7(14-9)6-4-10-8(16-6)5-2-1-3-13-5/h1-4H,(H,12,15). The summed E-state index contributed by atoms with van der Waals surface area (Å²) in [6, 6.07) is 3.67. The molecule has 7 heteroatoms. The lowest BCUT2D eigenvalue weighted by molar-refractivity contribution is 0.553. The minimum atomic E-state index is 0.253. The maximum Gasteiger partial charge on any atom is 0.284 e. The van der Waals surface area contributed by atoms with Crippen molar-refractivity contribution >= 4 is 23.6 Å². The molecule has 0 bridgehead atoms. The van der Waals surface area contributed by atoms with Gasteiger partial charge in [-0.15, -0.1) is 16.4 Å². The Morgan fingerprint density at radius 2 is 2.38 bits per heavy atom. The fourth-order valence-corrected chi connectivity index (χ4v) is 2.16. The molecule has 5 nitrogen and oxygen atoms in total. The van der Waals surface area contributed by atoms with Crippen LogP contribution in [0.25, 0.3) is 21.5 Å². The Bertz CT molecular complexity index is 650. The lowest BCUT2D eigenvalue weighted by Crippen LogP contribution is -1.70. The third kappa shape index (κ3) is 1.59. The Balaban J connectivity index is 2.03. The van der Waals surface area contributed by atoms with Crippen molar-refractivity contribution in [1.82, 2.24) is 15.2 Å². The molecule has 0 saturated carbocycles. The Kier molecular flexibility index (Phi) is 2.19. The minimum Gasteiger partial charge on any atom is -0.462 e. The monoisotopic (exact) mass is 251 g/mol. The lowest BCUT2D eigenvalue weighted by atomic mass is 10.5. The maximum absolute atomic E-state index is 5.24. The van der Waals surface area contributed by atoms with E-state index in [-0.39, 0.29) is 4.84 Å². The van der Waals surface area contributed by atoms with Crippen LogP contribution in [0.15, 0.2) is 33.4 Å². The topological polar surface area (TPSA) is 67.8 Å². The molecule has 3 aromatic heterocycles. The fourth-order valence-electron chi connectivity index (χ4n) is 1.22. The second-order valence-corrected chi connectivity index (χ2v) is 4.33. The van der Waals surface area contributed by atoms with Gasteiger partial charge in [0.2, 0.25) is 0 Å². The second kappa shape index (κ2) is 3.69. The van der Waals surface area contributed by atoms with E-state index in [0.29, 0.717) is 5.89 Å². The molecular weight excluding hydrogens is 246 g/mol. The van der Waals surface area contributed by atoms with Gasteiger partial charge in [0.15, 0.2) is 10.8 Å². The molecule has 0 unspecified atom stereocenters. The molecule has 3 rings (SSSR count). The van der Waals surface area contributed by atoms with Crippen LogP contribution in [0.1, 0.15) is 0 Å². The van der Waals surface area contributed by atoms with Crippen LogP contribution in [0, 0.1) is 4.84 Å². The van der Waals surface area contributed by atoms with Crippen LogP contribution in [0.3, 0.4) is 0 Å². The zero-order valence-electron chi connectivity index (χ0n) is 7.84. The minimum absolute atomic E-state index is 0.253. The summed E-state index contributed by atoms with van der Waals surface area (Å²) in [5.74, 6) is 1.17. The van der Waals surface area contributed by atoms with Crippen LogP contribution in [-0.4, -0.2) is 15.2 Å². The molecule has 0 aromatic carbocycles. The highest BCUT2D eigenvalue weighted by molar-refractivity contribution is 7.71. The highest BCUT2D eigenvalue weighted by atomic mass is 32.1. The third-order valence-corrected chi connectivity index (χ3v) is 3.06. The predicted octanol–water partition coefficient (Wildman–Crippen LogP) is 3.12. The van der Waals surface area contributed by atoms with Crippen molar-refractivity contribution in [1.29, 1.82) is 0 Å². The van der Waals surface area contributed by atoms with Crippen LogP contribution in [0.4, 0.5) is 0 Å². The summed E-state index contributed by atoms with van der Waals surface area (Å²) >= 11 is 6.23. The first-order valence-corrected chi connectivity index (χ1v) is 5.61. The Labute approximate surface area is 98.8 Å². The molecular formula is C9H5N3O2S2. The molecule has 0 aliphatic carbocycles. The van der Waals surface area contributed by atoms with Gasteiger partial charge in [0.1, 0.15) is 4.88 Å². The van der Waals surface area contributed by atoms with Crippen molar-refractivity contribution in [2.75, 3.05) is 0 Å². The van der Waals surface area contributed by atoms with Crippen LogP contribution < -0.4 is 0 Å². The molecule has 0 atom stereocenters. The van der Waals surface area contributed by atoms with E-state index in [1.807, 2.05) is 12.1 Å². The summed E-state index contributed by atoms with van der Waals surface area (Å²) in [6.07, 6.45) is 3.29. The number of H-pyrrole nitrogens is 1. The normalized spacial score (nSPS) is 10.8. The van der Waals surface area contributed by atoms with Crippen LogP contribution in [0.5, 0.6) is 0 Å². The third-order valence-electron chi connectivity index (χ3n) is 1.89. The van der Waals surface area contributed by atoms with Crippen LogP contribution >= 0.6 is 23.6 Å².